The lowest BCUT2D eigenvalue weighted by atomic mass is 10.00. The molecule has 0 spiro atoms. The SMILES string of the molecule is [2H]c1c(C)c([2H])c2c(c1[2H])c(=O)c([2H])c(SC([2H])([2H])c1cccc(F)c1F)n2CC(=O)N(C([2H])([2H])c1ccc(-c2ccc(C(F)(F)F)cc2)cc1)C1([2H])C([2H])([2H])C([2H])([2H])N(C([2H])([2H])C([2H])([2H])OC)C([2H])([2H])C1([2H])[2H]. The lowest BCUT2D eigenvalue weighted by molar-refractivity contribution is -0.137. The third kappa shape index (κ3) is 9.17. The fourth-order valence-electron chi connectivity index (χ4n) is 4.80. The van der Waals surface area contributed by atoms with Crippen LogP contribution in [0.2, 0.25) is 0 Å². The number of ether oxygens (including phenoxy) is 1. The van der Waals surface area contributed by atoms with Crippen LogP contribution in [0.3, 0.4) is 0 Å². The molecule has 0 aliphatic carbocycles. The van der Waals surface area contributed by atoms with Crippen molar-refractivity contribution in [1.29, 1.82) is 0 Å². The van der Waals surface area contributed by atoms with Gasteiger partial charge < -0.3 is 19.1 Å². The van der Waals surface area contributed by atoms with Crippen LogP contribution in [0.5, 0.6) is 0 Å². The Kier molecular flexibility index (Phi) is 6.19. The summed E-state index contributed by atoms with van der Waals surface area (Å²) in [7, 11) is 0.538. The number of piperidine rings is 1. The average Bonchev–Trinajstić information content (AvgIpc) is 3.29. The van der Waals surface area contributed by atoms with Gasteiger partial charge in [0.05, 0.1) is 35.0 Å². The fourth-order valence-corrected chi connectivity index (χ4v) is 5.58. The lowest BCUT2D eigenvalue weighted by Crippen LogP contribution is -2.48. The Hall–Kier alpha value is -4.52. The van der Waals surface area contributed by atoms with Crippen molar-refractivity contribution in [3.63, 3.8) is 0 Å². The van der Waals surface area contributed by atoms with Crippen LogP contribution in [0.4, 0.5) is 22.0 Å². The first-order valence-electron chi connectivity index (χ1n) is 25.7. The molecule has 1 amide bonds. The van der Waals surface area contributed by atoms with E-state index >= 15 is 9.18 Å². The number of fused-ring (bicyclic) bond motifs is 1. The van der Waals surface area contributed by atoms with Crippen molar-refractivity contribution in [3.05, 3.63) is 135 Å². The fraction of sp³-hybridized carbons (Fsp3) is 0.317. The van der Waals surface area contributed by atoms with Crippen LogP contribution in [0.1, 0.15) is 63.8 Å². The molecule has 1 aliphatic rings. The Morgan fingerprint density at radius 3 is 2.38 bits per heavy atom. The van der Waals surface area contributed by atoms with Crippen molar-refractivity contribution < 1.29 is 60.3 Å². The van der Waals surface area contributed by atoms with E-state index in [4.69, 9.17) is 19.2 Å². The highest BCUT2D eigenvalue weighted by atomic mass is 32.2. The quantitative estimate of drug-likeness (QED) is 0.0940. The zero-order valence-electron chi connectivity index (χ0n) is 48.4. The standard InChI is InChI=1S/C41H40F5N3O3S/c1-27-6-15-34-36(22-27)49(39(23-37(34)50)53-26-31-4-3-5-35(42)40(31)43)25-38(51)48(33-16-18-47(19-17-33)20-21-52-2)24-28-7-9-29(10-8-28)30-11-13-32(14-12-30)41(44,45)46/h3-15,22-23,33H,16-21,24-26H2,1-2H3/i6D,15D,16D2,17D2,18D2,19D2,20D2,21D2,22D,23D,24D2,26D2,33D. The van der Waals surface area contributed by atoms with Crippen molar-refractivity contribution in [2.24, 2.45) is 0 Å². The minimum absolute atomic E-state index is 0.0460. The van der Waals surface area contributed by atoms with Gasteiger partial charge in [-0.3, -0.25) is 9.59 Å². The topological polar surface area (TPSA) is 54.8 Å². The van der Waals surface area contributed by atoms with E-state index in [-0.39, 0.29) is 22.9 Å². The molecule has 6 nitrogen and oxygen atoms in total. The summed E-state index contributed by atoms with van der Waals surface area (Å²) in [5.74, 6) is -5.54. The number of aromatic nitrogens is 1. The Morgan fingerprint density at radius 1 is 1.04 bits per heavy atom. The van der Waals surface area contributed by atoms with Crippen LogP contribution in [0.25, 0.3) is 22.0 Å². The van der Waals surface area contributed by atoms with Crippen LogP contribution in [0.15, 0.2) is 101 Å². The van der Waals surface area contributed by atoms with Crippen molar-refractivity contribution in [2.45, 2.75) is 55.6 Å². The lowest BCUT2D eigenvalue weighted by Gasteiger charge is -2.39. The number of benzene rings is 4. The summed E-state index contributed by atoms with van der Waals surface area (Å²) >= 11 is -0.298. The maximum absolute atomic E-state index is 15.6. The monoisotopic (exact) mass is 770 g/mol. The molecule has 0 N–H and O–H groups in total. The maximum Gasteiger partial charge on any atom is 0.416 e. The number of hydrogen-bond acceptors (Lipinski definition) is 5. The molecule has 0 unspecified atom stereocenters. The highest BCUT2D eigenvalue weighted by Gasteiger charge is 2.31. The molecule has 5 aromatic rings. The number of nitrogens with zero attached hydrogens (tertiary/aromatic N) is 3. The van der Waals surface area contributed by atoms with E-state index in [2.05, 4.69) is 4.74 Å². The van der Waals surface area contributed by atoms with Crippen LogP contribution in [-0.2, 0) is 34.5 Å². The molecule has 1 aromatic heterocycles. The number of pyridine rings is 1. The number of rotatable bonds is 12. The molecule has 0 saturated carbocycles. The Balaban J connectivity index is 1.71. The van der Waals surface area contributed by atoms with Gasteiger partial charge in [0.15, 0.2) is 17.1 Å². The predicted octanol–water partition coefficient (Wildman–Crippen LogP) is 8.71. The summed E-state index contributed by atoms with van der Waals surface area (Å²) in [4.78, 5) is 28.1. The van der Waals surface area contributed by atoms with Crippen molar-refractivity contribution in [3.8, 4) is 11.1 Å². The van der Waals surface area contributed by atoms with Crippen LogP contribution in [0, 0.1) is 18.6 Å². The first-order chi connectivity index (χ1) is 33.5. The van der Waals surface area contributed by atoms with E-state index in [1.807, 2.05) is 0 Å². The van der Waals surface area contributed by atoms with Crippen LogP contribution < -0.4 is 5.43 Å². The number of likely N-dealkylation sites (tertiary alicyclic amines) is 1. The van der Waals surface area contributed by atoms with Crippen LogP contribution >= 0.6 is 11.8 Å². The van der Waals surface area contributed by atoms with Gasteiger partial charge in [0, 0.05) is 78.3 Å². The normalized spacial score (nSPS) is 25.5. The number of amides is 1. The van der Waals surface area contributed by atoms with E-state index in [9.17, 15) is 32.0 Å². The van der Waals surface area contributed by atoms with E-state index in [1.165, 1.54) is 0 Å². The summed E-state index contributed by atoms with van der Waals surface area (Å²) in [5.41, 5.74) is -9.06. The molecule has 0 bridgehead atoms. The number of carbonyl (C=O) groups excluding carboxylic acids is 1. The van der Waals surface area contributed by atoms with E-state index < -0.39 is 165 Å². The first kappa shape index (κ1) is 19.7. The molecule has 1 aliphatic heterocycles. The predicted molar refractivity (Wildman–Crippen MR) is 198 cm³/mol. The number of halogens is 5. The van der Waals surface area contributed by atoms with Crippen molar-refractivity contribution in [1.82, 2.24) is 14.4 Å². The highest BCUT2D eigenvalue weighted by molar-refractivity contribution is 7.98. The molecule has 278 valence electrons. The molecule has 1 fully saturated rings. The number of methoxy groups -OCH3 is 1. The van der Waals surface area contributed by atoms with Crippen molar-refractivity contribution >= 4 is 28.6 Å². The summed E-state index contributed by atoms with van der Waals surface area (Å²) in [6.45, 7) is -22.0. The van der Waals surface area contributed by atoms with Gasteiger partial charge in [-0.25, -0.2) is 8.78 Å². The Labute approximate surface area is 338 Å². The zero-order chi connectivity index (χ0) is 56.4. The molecule has 0 atom stereocenters. The van der Waals surface area contributed by atoms with Gasteiger partial charge in [0.1, 0.15) is 6.54 Å². The van der Waals surface area contributed by atoms with E-state index in [0.29, 0.717) is 29.9 Å². The largest absolute Gasteiger partial charge is 0.416 e. The van der Waals surface area contributed by atoms with Crippen molar-refractivity contribution in [2.75, 3.05) is 33.2 Å². The average molecular weight is 771 g/mol. The summed E-state index contributed by atoms with van der Waals surface area (Å²) < 4.78 is 263. The second kappa shape index (κ2) is 16.7. The number of carbonyl (C=O) groups is 1. The molecule has 0 radical (unpaired) electrons. The Morgan fingerprint density at radius 2 is 1.72 bits per heavy atom. The van der Waals surface area contributed by atoms with E-state index in [0.717, 1.165) is 55.5 Å². The summed E-state index contributed by atoms with van der Waals surface area (Å²) in [6.07, 6.45) is -14.1. The first-order valence-corrected chi connectivity index (χ1v) is 16.0. The zero-order valence-corrected chi connectivity index (χ0v) is 28.2. The molecule has 2 heterocycles. The molecule has 1 saturated heterocycles. The third-order valence-corrected chi connectivity index (χ3v) is 8.20. The van der Waals surface area contributed by atoms with Gasteiger partial charge >= 0.3 is 6.18 Å². The molecule has 12 heteroatoms. The molecule has 53 heavy (non-hydrogen) atoms. The van der Waals surface area contributed by atoms with Gasteiger partial charge in [-0.05, 0) is 72.2 Å². The van der Waals surface area contributed by atoms with Gasteiger partial charge in [-0.15, -0.1) is 11.8 Å². The van der Waals surface area contributed by atoms with Gasteiger partial charge in [-0.2, -0.15) is 13.2 Å². The second-order valence-corrected chi connectivity index (χ2v) is 11.7. The van der Waals surface area contributed by atoms with Gasteiger partial charge in [0.25, 0.3) is 0 Å². The number of hydrogen-bond donors (Lipinski definition) is 0. The molecule has 6 rings (SSSR count). The van der Waals surface area contributed by atoms with Gasteiger partial charge in [0.2, 0.25) is 5.91 Å². The maximum atomic E-state index is 15.6. The highest BCUT2D eigenvalue weighted by Crippen LogP contribution is 2.32. The summed E-state index contributed by atoms with van der Waals surface area (Å²) in [6, 6.07) is 0.546. The summed E-state index contributed by atoms with van der Waals surface area (Å²) in [5, 5.41) is -2.11. The smallest absolute Gasteiger partial charge is 0.383 e. The minimum atomic E-state index is -4.76. The van der Waals surface area contributed by atoms with Gasteiger partial charge in [-0.1, -0.05) is 54.6 Å². The van der Waals surface area contributed by atoms with E-state index in [1.54, 1.807) is 0 Å². The second-order valence-electron chi connectivity index (χ2n) is 10.9. The third-order valence-electron chi connectivity index (χ3n) is 7.36. The molecular formula is C41H40F5N3O3S. The number of thioether (sulfide) groups is 1. The Bertz CT molecular complexity index is 3100. The van der Waals surface area contributed by atoms with Crippen LogP contribution in [-0.4, -0.2) is 59.5 Å². The minimum Gasteiger partial charge on any atom is -0.383 e. The molecule has 4 aromatic carbocycles. The molecular weight excluding hydrogens is 710 g/mol. The number of alkyl halides is 3.